The minimum atomic E-state index is -0.398. The van der Waals surface area contributed by atoms with Gasteiger partial charge < -0.3 is 10.0 Å². The molecule has 0 aromatic heterocycles. The van der Waals surface area contributed by atoms with Crippen molar-refractivity contribution in [1.82, 2.24) is 4.90 Å². The fraction of sp³-hybridized carbons (Fsp3) is 0.625. The van der Waals surface area contributed by atoms with Crippen LogP contribution in [0.5, 0.6) is 0 Å². The molecule has 104 valence electrons. The Bertz CT molecular complexity index is 446. The number of nitrogens with zero attached hydrogens (tertiary/aromatic N) is 2. The summed E-state index contributed by atoms with van der Waals surface area (Å²) in [5.74, 6) is 0. The number of hydrogen-bond acceptors (Lipinski definition) is 3. The zero-order chi connectivity index (χ0) is 13.4. The Morgan fingerprint density at radius 3 is 2.84 bits per heavy atom. The first-order valence-electron chi connectivity index (χ1n) is 7.44. The minimum absolute atomic E-state index is 0.398. The minimum Gasteiger partial charge on any atom is -0.389 e. The van der Waals surface area contributed by atoms with Crippen LogP contribution in [0.2, 0.25) is 0 Å². The molecule has 3 atom stereocenters. The van der Waals surface area contributed by atoms with Crippen molar-refractivity contribution in [3.8, 4) is 0 Å². The quantitative estimate of drug-likeness (QED) is 0.884. The van der Waals surface area contributed by atoms with E-state index in [1.807, 2.05) is 19.1 Å². The molecule has 3 heteroatoms. The second-order valence-corrected chi connectivity index (χ2v) is 6.03. The molecule has 1 aromatic carbocycles. The number of aliphatic hydroxyl groups is 1. The molecule has 1 N–H and O–H groups in total. The van der Waals surface area contributed by atoms with Gasteiger partial charge in [-0.25, -0.2) is 0 Å². The van der Waals surface area contributed by atoms with Crippen LogP contribution in [-0.2, 0) is 0 Å². The smallest absolute Gasteiger partial charge is 0.0781 e. The normalized spacial score (nSPS) is 29.3. The molecule has 2 heterocycles. The molecule has 2 unspecified atom stereocenters. The molecule has 3 rings (SSSR count). The van der Waals surface area contributed by atoms with Gasteiger partial charge in [-0.15, -0.1) is 0 Å². The summed E-state index contributed by atoms with van der Waals surface area (Å²) < 4.78 is 0. The number of hydrogen-bond donors (Lipinski definition) is 1. The lowest BCUT2D eigenvalue weighted by Crippen LogP contribution is -2.55. The summed E-state index contributed by atoms with van der Waals surface area (Å²) >= 11 is 0. The van der Waals surface area contributed by atoms with Gasteiger partial charge in [-0.2, -0.15) is 0 Å². The first-order chi connectivity index (χ1) is 9.16. The maximum Gasteiger partial charge on any atom is 0.0781 e. The van der Waals surface area contributed by atoms with Crippen molar-refractivity contribution in [3.63, 3.8) is 0 Å². The van der Waals surface area contributed by atoms with Crippen molar-refractivity contribution in [2.24, 2.45) is 0 Å². The average molecular weight is 260 g/mol. The lowest BCUT2D eigenvalue weighted by atomic mass is 10.0. The highest BCUT2D eigenvalue weighted by molar-refractivity contribution is 5.56. The molecule has 0 bridgehead atoms. The summed E-state index contributed by atoms with van der Waals surface area (Å²) in [6.45, 7) is 7.67. The van der Waals surface area contributed by atoms with Gasteiger partial charge in [0.25, 0.3) is 0 Å². The van der Waals surface area contributed by atoms with Crippen LogP contribution in [0.3, 0.4) is 0 Å². The Labute approximate surface area is 115 Å². The first-order valence-corrected chi connectivity index (χ1v) is 7.44. The second kappa shape index (κ2) is 5.14. The maximum atomic E-state index is 9.97. The molecule has 1 aromatic rings. The van der Waals surface area contributed by atoms with Gasteiger partial charge in [0.15, 0.2) is 0 Å². The molecule has 19 heavy (non-hydrogen) atoms. The predicted octanol–water partition coefficient (Wildman–Crippen LogP) is 2.41. The molecular weight excluding hydrogens is 236 g/mol. The monoisotopic (exact) mass is 260 g/mol. The molecule has 3 nitrogen and oxygen atoms in total. The van der Waals surface area contributed by atoms with Gasteiger partial charge in [-0.3, -0.25) is 4.90 Å². The molecule has 2 saturated heterocycles. The number of anilines is 1. The van der Waals surface area contributed by atoms with E-state index in [2.05, 4.69) is 28.9 Å². The van der Waals surface area contributed by atoms with E-state index in [0.717, 1.165) is 18.7 Å². The van der Waals surface area contributed by atoms with Crippen molar-refractivity contribution < 1.29 is 5.11 Å². The summed E-state index contributed by atoms with van der Waals surface area (Å²) in [6.07, 6.45) is 2.26. The number of rotatable bonds is 2. The van der Waals surface area contributed by atoms with Gasteiger partial charge in [-0.1, -0.05) is 18.2 Å². The molecule has 2 aliphatic heterocycles. The highest BCUT2D eigenvalue weighted by Gasteiger charge is 2.35. The molecule has 0 amide bonds. The summed E-state index contributed by atoms with van der Waals surface area (Å²) in [5, 5.41) is 9.97. The van der Waals surface area contributed by atoms with E-state index in [0.29, 0.717) is 12.1 Å². The number of piperazine rings is 1. The SMILES string of the molecule is CC1CN2CCCC2CN1c1ccccc1[C@@H](C)O. The van der Waals surface area contributed by atoms with Crippen molar-refractivity contribution in [3.05, 3.63) is 29.8 Å². The third-order valence-corrected chi connectivity index (χ3v) is 4.63. The van der Waals surface area contributed by atoms with E-state index in [4.69, 9.17) is 0 Å². The zero-order valence-corrected chi connectivity index (χ0v) is 11.9. The lowest BCUT2D eigenvalue weighted by molar-refractivity contribution is 0.192. The summed E-state index contributed by atoms with van der Waals surface area (Å²) in [5.41, 5.74) is 2.28. The van der Waals surface area contributed by atoms with Gasteiger partial charge in [0.05, 0.1) is 6.10 Å². The molecule has 2 fully saturated rings. The summed E-state index contributed by atoms with van der Waals surface area (Å²) in [4.78, 5) is 5.13. The van der Waals surface area contributed by atoms with Gasteiger partial charge in [0.2, 0.25) is 0 Å². The summed E-state index contributed by atoms with van der Waals surface area (Å²) in [7, 11) is 0. The fourth-order valence-corrected chi connectivity index (χ4v) is 3.63. The highest BCUT2D eigenvalue weighted by Crippen LogP contribution is 2.32. The number of fused-ring (bicyclic) bond motifs is 1. The second-order valence-electron chi connectivity index (χ2n) is 6.03. The molecule has 0 spiro atoms. The Morgan fingerprint density at radius 2 is 2.05 bits per heavy atom. The van der Waals surface area contributed by atoms with E-state index >= 15 is 0 Å². The number of para-hydroxylation sites is 1. The third-order valence-electron chi connectivity index (χ3n) is 4.63. The van der Waals surface area contributed by atoms with E-state index in [1.165, 1.54) is 25.1 Å². The average Bonchev–Trinajstić information content (AvgIpc) is 2.84. The van der Waals surface area contributed by atoms with Crippen LogP contribution < -0.4 is 4.90 Å². The Kier molecular flexibility index (Phi) is 3.50. The molecular formula is C16H24N2O. The fourth-order valence-electron chi connectivity index (χ4n) is 3.63. The van der Waals surface area contributed by atoms with Crippen molar-refractivity contribution >= 4 is 5.69 Å². The van der Waals surface area contributed by atoms with Crippen LogP contribution in [0.1, 0.15) is 38.4 Å². The van der Waals surface area contributed by atoms with Crippen LogP contribution in [0.15, 0.2) is 24.3 Å². The Balaban J connectivity index is 1.89. The molecule has 0 aliphatic carbocycles. The van der Waals surface area contributed by atoms with Crippen molar-refractivity contribution in [2.45, 2.75) is 44.9 Å². The highest BCUT2D eigenvalue weighted by atomic mass is 16.3. The first kappa shape index (κ1) is 12.9. The topological polar surface area (TPSA) is 26.7 Å². The molecule has 2 aliphatic rings. The Hall–Kier alpha value is -1.06. The zero-order valence-electron chi connectivity index (χ0n) is 11.9. The van der Waals surface area contributed by atoms with Gasteiger partial charge in [0, 0.05) is 36.4 Å². The van der Waals surface area contributed by atoms with Gasteiger partial charge in [-0.05, 0) is 39.3 Å². The lowest BCUT2D eigenvalue weighted by Gasteiger charge is -2.44. The van der Waals surface area contributed by atoms with Crippen molar-refractivity contribution in [2.75, 3.05) is 24.5 Å². The number of aliphatic hydroxyl groups excluding tert-OH is 1. The molecule has 0 radical (unpaired) electrons. The third kappa shape index (κ3) is 2.37. The van der Waals surface area contributed by atoms with Crippen LogP contribution in [-0.4, -0.2) is 41.7 Å². The van der Waals surface area contributed by atoms with Crippen molar-refractivity contribution in [1.29, 1.82) is 0 Å². The van der Waals surface area contributed by atoms with Gasteiger partial charge in [0.1, 0.15) is 0 Å². The maximum absolute atomic E-state index is 9.97. The van der Waals surface area contributed by atoms with E-state index in [1.54, 1.807) is 0 Å². The van der Waals surface area contributed by atoms with E-state index in [9.17, 15) is 5.11 Å². The van der Waals surface area contributed by atoms with Crippen LogP contribution in [0, 0.1) is 0 Å². The number of benzene rings is 1. The van der Waals surface area contributed by atoms with Crippen LogP contribution >= 0.6 is 0 Å². The standard InChI is InChI=1S/C16H24N2O/c1-12-10-17-9-5-6-14(17)11-18(12)16-8-4-3-7-15(16)13(2)19/h3-4,7-8,12-14,19H,5-6,9-11H2,1-2H3/t12?,13-,14?/m1/s1. The predicted molar refractivity (Wildman–Crippen MR) is 78.5 cm³/mol. The van der Waals surface area contributed by atoms with Gasteiger partial charge >= 0.3 is 0 Å². The largest absolute Gasteiger partial charge is 0.389 e. The van der Waals surface area contributed by atoms with E-state index in [-0.39, 0.29) is 0 Å². The van der Waals surface area contributed by atoms with Crippen LogP contribution in [0.25, 0.3) is 0 Å². The van der Waals surface area contributed by atoms with E-state index < -0.39 is 6.10 Å². The molecule has 0 saturated carbocycles. The van der Waals surface area contributed by atoms with Crippen LogP contribution in [0.4, 0.5) is 5.69 Å². The summed E-state index contributed by atoms with van der Waals surface area (Å²) in [6, 6.07) is 9.53. The Morgan fingerprint density at radius 1 is 1.26 bits per heavy atom.